The van der Waals surface area contributed by atoms with E-state index in [1.165, 1.54) is 11.8 Å². The predicted octanol–water partition coefficient (Wildman–Crippen LogP) is 3.72. The van der Waals surface area contributed by atoms with E-state index in [1.54, 1.807) is 29.2 Å². The lowest BCUT2D eigenvalue weighted by Crippen LogP contribution is -2.46. The number of thioether (sulfide) groups is 1. The largest absolute Gasteiger partial charge is 0.494 e. The first-order chi connectivity index (χ1) is 17.5. The summed E-state index contributed by atoms with van der Waals surface area (Å²) in [5.74, 6) is 0.446. The van der Waals surface area contributed by atoms with Gasteiger partial charge in [0.2, 0.25) is 11.8 Å². The van der Waals surface area contributed by atoms with Gasteiger partial charge < -0.3 is 15.4 Å². The SMILES string of the molecule is CCCCNC(=O)CC1C(=O)N=C2c3ccccc3N=C(SCC(=O)Nc3ccc(OCC)cc3)N21. The molecule has 2 aliphatic heterocycles. The molecule has 2 heterocycles. The molecule has 3 amide bonds. The minimum Gasteiger partial charge on any atom is -0.494 e. The Labute approximate surface area is 214 Å². The summed E-state index contributed by atoms with van der Waals surface area (Å²) in [5, 5.41) is 6.19. The Morgan fingerprint density at radius 1 is 1.06 bits per heavy atom. The summed E-state index contributed by atoms with van der Waals surface area (Å²) in [6.45, 7) is 5.09. The molecule has 0 fully saturated rings. The highest BCUT2D eigenvalue weighted by atomic mass is 32.2. The van der Waals surface area contributed by atoms with Crippen molar-refractivity contribution >= 4 is 51.9 Å². The smallest absolute Gasteiger partial charge is 0.271 e. The van der Waals surface area contributed by atoms with E-state index in [2.05, 4.69) is 15.6 Å². The van der Waals surface area contributed by atoms with Gasteiger partial charge in [0.05, 0.1) is 24.5 Å². The van der Waals surface area contributed by atoms with Gasteiger partial charge in [-0.3, -0.25) is 19.3 Å². The Morgan fingerprint density at radius 3 is 2.58 bits per heavy atom. The molecule has 188 valence electrons. The van der Waals surface area contributed by atoms with Crippen molar-refractivity contribution < 1.29 is 19.1 Å². The zero-order chi connectivity index (χ0) is 25.5. The van der Waals surface area contributed by atoms with E-state index in [4.69, 9.17) is 9.73 Å². The number of carbonyl (C=O) groups excluding carboxylic acids is 3. The van der Waals surface area contributed by atoms with Crippen molar-refractivity contribution in [1.82, 2.24) is 10.2 Å². The second-order valence-electron chi connectivity index (χ2n) is 8.27. The molecular weight excluding hydrogens is 478 g/mol. The van der Waals surface area contributed by atoms with Gasteiger partial charge in [-0.05, 0) is 49.7 Å². The summed E-state index contributed by atoms with van der Waals surface area (Å²) in [7, 11) is 0. The summed E-state index contributed by atoms with van der Waals surface area (Å²) in [4.78, 5) is 48.7. The van der Waals surface area contributed by atoms with Crippen molar-refractivity contribution in [3.05, 3.63) is 54.1 Å². The zero-order valence-corrected chi connectivity index (χ0v) is 21.1. The third-order valence-corrected chi connectivity index (χ3v) is 6.57. The van der Waals surface area contributed by atoms with E-state index < -0.39 is 6.04 Å². The third kappa shape index (κ3) is 5.93. The molecule has 0 radical (unpaired) electrons. The maximum atomic E-state index is 12.9. The van der Waals surface area contributed by atoms with Crippen molar-refractivity contribution in [2.24, 2.45) is 9.98 Å². The molecule has 2 N–H and O–H groups in total. The van der Waals surface area contributed by atoms with Crippen LogP contribution in [0.25, 0.3) is 0 Å². The predicted molar refractivity (Wildman–Crippen MR) is 142 cm³/mol. The number of benzene rings is 2. The average molecular weight is 508 g/mol. The van der Waals surface area contributed by atoms with Gasteiger partial charge in [-0.15, -0.1) is 0 Å². The minimum atomic E-state index is -0.796. The highest BCUT2D eigenvalue weighted by Crippen LogP contribution is 2.35. The number of ether oxygens (including phenoxy) is 1. The fraction of sp³-hybridized carbons (Fsp3) is 0.346. The molecule has 2 aromatic rings. The Morgan fingerprint density at radius 2 is 1.83 bits per heavy atom. The van der Waals surface area contributed by atoms with Crippen LogP contribution in [-0.2, 0) is 14.4 Å². The number of amides is 3. The van der Waals surface area contributed by atoms with Crippen molar-refractivity contribution in [1.29, 1.82) is 0 Å². The number of aliphatic imine (C=N–C) groups is 2. The first-order valence-electron chi connectivity index (χ1n) is 12.0. The van der Waals surface area contributed by atoms with Crippen molar-refractivity contribution in [2.75, 3.05) is 24.2 Å². The fourth-order valence-electron chi connectivity index (χ4n) is 3.88. The summed E-state index contributed by atoms with van der Waals surface area (Å²) < 4.78 is 5.43. The number of hydrogen-bond donors (Lipinski definition) is 2. The summed E-state index contributed by atoms with van der Waals surface area (Å²) in [6, 6.07) is 13.7. The van der Waals surface area contributed by atoms with Crippen LogP contribution < -0.4 is 15.4 Å². The van der Waals surface area contributed by atoms with Gasteiger partial charge in [0.15, 0.2) is 5.17 Å². The van der Waals surface area contributed by atoms with Gasteiger partial charge in [0.1, 0.15) is 17.6 Å². The number of unbranched alkanes of at least 4 members (excludes halogenated alkanes) is 1. The van der Waals surface area contributed by atoms with Gasteiger partial charge in [-0.1, -0.05) is 37.2 Å². The number of fused-ring (bicyclic) bond motifs is 3. The Kier molecular flexibility index (Phi) is 8.37. The number of hydrogen-bond acceptors (Lipinski definition) is 7. The molecule has 0 spiro atoms. The number of para-hydroxylation sites is 1. The molecule has 0 aromatic heterocycles. The highest BCUT2D eigenvalue weighted by molar-refractivity contribution is 8.14. The van der Waals surface area contributed by atoms with Crippen molar-refractivity contribution in [3.63, 3.8) is 0 Å². The van der Waals surface area contributed by atoms with E-state index in [-0.39, 0.29) is 29.9 Å². The summed E-state index contributed by atoms with van der Waals surface area (Å²) in [5.41, 5.74) is 2.05. The van der Waals surface area contributed by atoms with E-state index in [0.717, 1.165) is 24.2 Å². The lowest BCUT2D eigenvalue weighted by atomic mass is 10.1. The zero-order valence-electron chi connectivity index (χ0n) is 20.3. The van der Waals surface area contributed by atoms with Crippen molar-refractivity contribution in [2.45, 2.75) is 39.2 Å². The van der Waals surface area contributed by atoms with Gasteiger partial charge in [-0.25, -0.2) is 4.99 Å². The van der Waals surface area contributed by atoms with Crippen molar-refractivity contribution in [3.8, 4) is 5.75 Å². The third-order valence-electron chi connectivity index (χ3n) is 5.62. The second-order valence-corrected chi connectivity index (χ2v) is 9.22. The van der Waals surface area contributed by atoms with E-state index >= 15 is 0 Å². The fourth-order valence-corrected chi connectivity index (χ4v) is 4.73. The maximum absolute atomic E-state index is 12.9. The van der Waals surface area contributed by atoms with Crippen LogP contribution in [0, 0.1) is 0 Å². The van der Waals surface area contributed by atoms with Gasteiger partial charge in [0.25, 0.3) is 5.91 Å². The highest BCUT2D eigenvalue weighted by Gasteiger charge is 2.42. The number of nitrogens with one attached hydrogen (secondary N) is 2. The molecule has 0 saturated heterocycles. The normalized spacial score (nSPS) is 16.0. The molecule has 2 aromatic carbocycles. The Bertz CT molecular complexity index is 1200. The number of amidine groups is 2. The molecule has 1 atom stereocenters. The second kappa shape index (κ2) is 11.9. The molecule has 0 bridgehead atoms. The lowest BCUT2D eigenvalue weighted by molar-refractivity contribution is -0.126. The molecule has 0 aliphatic carbocycles. The molecule has 2 aliphatic rings. The summed E-state index contributed by atoms with van der Waals surface area (Å²) >= 11 is 1.20. The van der Waals surface area contributed by atoms with Gasteiger partial charge >= 0.3 is 0 Å². The van der Waals surface area contributed by atoms with Crippen LogP contribution in [-0.4, -0.2) is 58.6 Å². The first-order valence-corrected chi connectivity index (χ1v) is 13.0. The van der Waals surface area contributed by atoms with E-state index in [1.807, 2.05) is 38.1 Å². The molecule has 10 heteroatoms. The number of carbonyl (C=O) groups is 3. The number of rotatable bonds is 10. The molecule has 4 rings (SSSR count). The Balaban J connectivity index is 1.47. The minimum absolute atomic E-state index is 0.0321. The van der Waals surface area contributed by atoms with Crippen LogP contribution in [0.4, 0.5) is 11.4 Å². The topological polar surface area (TPSA) is 112 Å². The van der Waals surface area contributed by atoms with Crippen LogP contribution in [0.5, 0.6) is 5.75 Å². The maximum Gasteiger partial charge on any atom is 0.271 e. The lowest BCUT2D eigenvalue weighted by Gasteiger charge is -2.30. The van der Waals surface area contributed by atoms with Crippen LogP contribution in [0.2, 0.25) is 0 Å². The molecule has 36 heavy (non-hydrogen) atoms. The van der Waals surface area contributed by atoms with E-state index in [9.17, 15) is 14.4 Å². The molecule has 9 nitrogen and oxygen atoms in total. The van der Waals surface area contributed by atoms with Gasteiger partial charge in [0, 0.05) is 17.8 Å². The monoisotopic (exact) mass is 507 g/mol. The molecule has 1 unspecified atom stereocenters. The Hall–Kier alpha value is -3.66. The van der Waals surface area contributed by atoms with E-state index in [0.29, 0.717) is 35.5 Å². The molecule has 0 saturated carbocycles. The summed E-state index contributed by atoms with van der Waals surface area (Å²) in [6.07, 6.45) is 1.80. The number of nitrogens with zero attached hydrogens (tertiary/aromatic N) is 3. The van der Waals surface area contributed by atoms with Crippen LogP contribution in [0.1, 0.15) is 38.7 Å². The standard InChI is InChI=1S/C26H29N5O4S/c1-3-5-14-27-22(32)15-21-25(34)30-24-19-8-6-7-9-20(19)29-26(31(21)24)36-16-23(33)28-17-10-12-18(13-11-17)35-4-2/h6-13,21H,3-5,14-16H2,1-2H3,(H,27,32)(H,28,33). The number of anilines is 1. The van der Waals surface area contributed by atoms with Crippen LogP contribution >= 0.6 is 11.8 Å². The van der Waals surface area contributed by atoms with Gasteiger partial charge in [-0.2, -0.15) is 4.99 Å². The van der Waals surface area contributed by atoms with Crippen LogP contribution in [0.3, 0.4) is 0 Å². The quantitative estimate of drug-likeness (QED) is 0.474. The first kappa shape index (κ1) is 25.4. The van der Waals surface area contributed by atoms with Crippen LogP contribution in [0.15, 0.2) is 58.5 Å². The molecular formula is C26H29N5O4S. The average Bonchev–Trinajstić information content (AvgIpc) is 3.20.